The van der Waals surface area contributed by atoms with Crippen LogP contribution in [0.3, 0.4) is 0 Å². The van der Waals surface area contributed by atoms with Crippen LogP contribution >= 0.6 is 0 Å². The van der Waals surface area contributed by atoms with Crippen LogP contribution in [0.2, 0.25) is 0 Å². The average molecular weight is 256 g/mol. The molecule has 1 amide bonds. The Morgan fingerprint density at radius 3 is 2.72 bits per heavy atom. The Hall–Kier alpha value is -0.650. The molecule has 18 heavy (non-hydrogen) atoms. The SMILES string of the molecule is O=C(CNCCOC1CCCC1)N1CCOCC1. The lowest BCUT2D eigenvalue weighted by Gasteiger charge is -2.26. The third-order valence-corrected chi connectivity index (χ3v) is 3.57. The highest BCUT2D eigenvalue weighted by Gasteiger charge is 2.16. The first-order valence-electron chi connectivity index (χ1n) is 7.04. The van der Waals surface area contributed by atoms with Gasteiger partial charge in [-0.1, -0.05) is 12.8 Å². The minimum absolute atomic E-state index is 0.166. The highest BCUT2D eigenvalue weighted by molar-refractivity contribution is 5.78. The van der Waals surface area contributed by atoms with Gasteiger partial charge in [-0.15, -0.1) is 0 Å². The van der Waals surface area contributed by atoms with Crippen molar-refractivity contribution in [3.8, 4) is 0 Å². The van der Waals surface area contributed by atoms with Crippen molar-refractivity contribution in [1.82, 2.24) is 10.2 Å². The quantitative estimate of drug-likeness (QED) is 0.699. The summed E-state index contributed by atoms with van der Waals surface area (Å²) in [4.78, 5) is 13.6. The van der Waals surface area contributed by atoms with Crippen LogP contribution in [0.5, 0.6) is 0 Å². The lowest BCUT2D eigenvalue weighted by molar-refractivity contribution is -0.134. The number of nitrogens with one attached hydrogen (secondary N) is 1. The van der Waals surface area contributed by atoms with E-state index in [2.05, 4.69) is 5.32 Å². The molecule has 2 aliphatic rings. The van der Waals surface area contributed by atoms with E-state index in [4.69, 9.17) is 9.47 Å². The van der Waals surface area contributed by atoms with Crippen LogP contribution in [-0.2, 0) is 14.3 Å². The first-order chi connectivity index (χ1) is 8.86. The zero-order valence-corrected chi connectivity index (χ0v) is 11.0. The van der Waals surface area contributed by atoms with E-state index >= 15 is 0 Å². The fourth-order valence-electron chi connectivity index (χ4n) is 2.47. The fourth-order valence-corrected chi connectivity index (χ4v) is 2.47. The molecular weight excluding hydrogens is 232 g/mol. The molecule has 0 radical (unpaired) electrons. The van der Waals surface area contributed by atoms with Gasteiger partial charge in [-0.2, -0.15) is 0 Å². The van der Waals surface area contributed by atoms with Crippen molar-refractivity contribution in [2.24, 2.45) is 0 Å². The van der Waals surface area contributed by atoms with Crippen LogP contribution < -0.4 is 5.32 Å². The van der Waals surface area contributed by atoms with Gasteiger partial charge in [0.2, 0.25) is 5.91 Å². The molecule has 5 nitrogen and oxygen atoms in total. The Kier molecular flexibility index (Phi) is 5.90. The summed E-state index contributed by atoms with van der Waals surface area (Å²) in [6.45, 7) is 4.65. The molecule has 1 saturated heterocycles. The van der Waals surface area contributed by atoms with E-state index in [-0.39, 0.29) is 5.91 Å². The predicted molar refractivity (Wildman–Crippen MR) is 68.5 cm³/mol. The van der Waals surface area contributed by atoms with Gasteiger partial charge in [0.15, 0.2) is 0 Å². The number of carbonyl (C=O) groups excluding carboxylic acids is 1. The summed E-state index contributed by atoms with van der Waals surface area (Å²) in [7, 11) is 0. The second-order valence-corrected chi connectivity index (χ2v) is 4.95. The van der Waals surface area contributed by atoms with E-state index in [0.29, 0.717) is 32.5 Å². The van der Waals surface area contributed by atoms with E-state index in [1.165, 1.54) is 25.7 Å². The fraction of sp³-hybridized carbons (Fsp3) is 0.923. The molecule has 0 unspecified atom stereocenters. The Labute approximate surface area is 109 Å². The highest BCUT2D eigenvalue weighted by Crippen LogP contribution is 2.20. The molecule has 1 aliphatic carbocycles. The normalized spacial score (nSPS) is 21.4. The van der Waals surface area contributed by atoms with E-state index < -0.39 is 0 Å². The zero-order valence-electron chi connectivity index (χ0n) is 11.0. The van der Waals surface area contributed by atoms with Gasteiger partial charge in [-0.3, -0.25) is 4.79 Å². The number of hydrogen-bond donors (Lipinski definition) is 1. The van der Waals surface area contributed by atoms with Gasteiger partial charge in [0.05, 0.1) is 32.5 Å². The molecule has 0 aromatic heterocycles. The predicted octanol–water partition coefficient (Wildman–Crippen LogP) is 0.394. The zero-order chi connectivity index (χ0) is 12.6. The smallest absolute Gasteiger partial charge is 0.236 e. The summed E-state index contributed by atoms with van der Waals surface area (Å²) in [6, 6.07) is 0. The van der Waals surface area contributed by atoms with E-state index in [0.717, 1.165) is 19.6 Å². The minimum Gasteiger partial charge on any atom is -0.378 e. The van der Waals surface area contributed by atoms with Gasteiger partial charge in [-0.05, 0) is 12.8 Å². The topological polar surface area (TPSA) is 50.8 Å². The van der Waals surface area contributed by atoms with Crippen LogP contribution in [0.25, 0.3) is 0 Å². The second-order valence-electron chi connectivity index (χ2n) is 4.95. The molecule has 0 aromatic rings. The number of ether oxygens (including phenoxy) is 2. The Morgan fingerprint density at radius 1 is 1.28 bits per heavy atom. The number of morpholine rings is 1. The maximum Gasteiger partial charge on any atom is 0.236 e. The summed E-state index contributed by atoms with van der Waals surface area (Å²) >= 11 is 0. The van der Waals surface area contributed by atoms with Gasteiger partial charge in [-0.25, -0.2) is 0 Å². The third-order valence-electron chi connectivity index (χ3n) is 3.57. The molecule has 5 heteroatoms. The van der Waals surface area contributed by atoms with Crippen LogP contribution in [0, 0.1) is 0 Å². The van der Waals surface area contributed by atoms with Crippen molar-refractivity contribution in [2.75, 3.05) is 46.0 Å². The summed E-state index contributed by atoms with van der Waals surface area (Å²) in [5.74, 6) is 0.166. The van der Waals surface area contributed by atoms with Gasteiger partial charge >= 0.3 is 0 Å². The molecule has 2 fully saturated rings. The van der Waals surface area contributed by atoms with Crippen molar-refractivity contribution in [2.45, 2.75) is 31.8 Å². The molecular formula is C13H24N2O3. The summed E-state index contributed by atoms with van der Waals surface area (Å²) < 4.78 is 10.9. The van der Waals surface area contributed by atoms with Crippen molar-refractivity contribution in [1.29, 1.82) is 0 Å². The van der Waals surface area contributed by atoms with Gasteiger partial charge in [0, 0.05) is 19.6 Å². The largest absolute Gasteiger partial charge is 0.378 e. The van der Waals surface area contributed by atoms with E-state index in [9.17, 15) is 4.79 Å². The van der Waals surface area contributed by atoms with Crippen LogP contribution in [0.1, 0.15) is 25.7 Å². The van der Waals surface area contributed by atoms with Crippen molar-refractivity contribution >= 4 is 5.91 Å². The molecule has 104 valence electrons. The third kappa shape index (κ3) is 4.55. The first-order valence-corrected chi connectivity index (χ1v) is 7.04. The Balaban J connectivity index is 1.48. The highest BCUT2D eigenvalue weighted by atomic mass is 16.5. The molecule has 1 heterocycles. The molecule has 0 spiro atoms. The summed E-state index contributed by atoms with van der Waals surface area (Å²) in [5, 5.41) is 3.15. The standard InChI is InChI=1S/C13H24N2O3/c16-13(15-6-9-17-10-7-15)11-14-5-8-18-12-3-1-2-4-12/h12,14H,1-11H2. The molecule has 0 bridgehead atoms. The van der Waals surface area contributed by atoms with Crippen molar-refractivity contribution in [3.63, 3.8) is 0 Å². The van der Waals surface area contributed by atoms with E-state index in [1.807, 2.05) is 4.90 Å². The number of nitrogens with zero attached hydrogens (tertiary/aromatic N) is 1. The molecule has 2 rings (SSSR count). The number of carbonyl (C=O) groups is 1. The van der Waals surface area contributed by atoms with Gasteiger partial charge in [0.1, 0.15) is 0 Å². The van der Waals surface area contributed by atoms with Crippen LogP contribution in [-0.4, -0.2) is 62.9 Å². The monoisotopic (exact) mass is 256 g/mol. The van der Waals surface area contributed by atoms with Crippen molar-refractivity contribution < 1.29 is 14.3 Å². The maximum absolute atomic E-state index is 11.8. The first kappa shape index (κ1) is 13.8. The minimum atomic E-state index is 0.166. The Bertz CT molecular complexity index is 249. The van der Waals surface area contributed by atoms with Crippen molar-refractivity contribution in [3.05, 3.63) is 0 Å². The van der Waals surface area contributed by atoms with E-state index in [1.54, 1.807) is 0 Å². The van der Waals surface area contributed by atoms with Crippen LogP contribution in [0.4, 0.5) is 0 Å². The number of rotatable bonds is 6. The molecule has 1 N–H and O–H groups in total. The molecule has 1 saturated carbocycles. The lowest BCUT2D eigenvalue weighted by Crippen LogP contribution is -2.45. The summed E-state index contributed by atoms with van der Waals surface area (Å²) in [5.41, 5.74) is 0. The summed E-state index contributed by atoms with van der Waals surface area (Å²) in [6.07, 6.45) is 5.46. The van der Waals surface area contributed by atoms with Gasteiger partial charge in [0.25, 0.3) is 0 Å². The average Bonchev–Trinajstić information content (AvgIpc) is 2.92. The van der Waals surface area contributed by atoms with Gasteiger partial charge < -0.3 is 19.7 Å². The Morgan fingerprint density at radius 2 is 2.00 bits per heavy atom. The lowest BCUT2D eigenvalue weighted by atomic mass is 10.3. The second kappa shape index (κ2) is 7.71. The van der Waals surface area contributed by atoms with Crippen LogP contribution in [0.15, 0.2) is 0 Å². The number of amides is 1. The maximum atomic E-state index is 11.8. The number of hydrogen-bond acceptors (Lipinski definition) is 4. The molecule has 0 atom stereocenters. The molecule has 0 aromatic carbocycles. The molecule has 1 aliphatic heterocycles.